The van der Waals surface area contributed by atoms with Crippen molar-refractivity contribution in [3.8, 4) is 5.69 Å². The molecule has 3 rings (SSSR count). The van der Waals surface area contributed by atoms with E-state index in [9.17, 15) is 4.39 Å². The van der Waals surface area contributed by atoms with E-state index in [1.165, 1.54) is 12.1 Å². The fourth-order valence-corrected chi connectivity index (χ4v) is 2.70. The number of hydrogen-bond acceptors (Lipinski definition) is 2. The van der Waals surface area contributed by atoms with Crippen molar-refractivity contribution in [1.29, 1.82) is 0 Å². The first-order valence-corrected chi connectivity index (χ1v) is 7.44. The zero-order valence-corrected chi connectivity index (χ0v) is 14.3. The molecule has 0 saturated carbocycles. The van der Waals surface area contributed by atoms with Gasteiger partial charge in [0.25, 0.3) is 0 Å². The van der Waals surface area contributed by atoms with Gasteiger partial charge in [0.2, 0.25) is 0 Å². The molecule has 0 radical (unpaired) electrons. The predicted octanol–water partition coefficient (Wildman–Crippen LogP) is 4.00. The highest BCUT2D eigenvalue weighted by molar-refractivity contribution is 9.10. The largest absolute Gasteiger partial charge is 0.329 e. The molecule has 0 aliphatic carbocycles. The van der Waals surface area contributed by atoms with E-state index in [0.717, 1.165) is 23.6 Å². The van der Waals surface area contributed by atoms with Crippen LogP contribution in [0.4, 0.5) is 4.39 Å². The average Bonchev–Trinajstić information content (AvgIpc) is 3.07. The number of nitrogens with zero attached hydrogens (tertiary/aromatic N) is 4. The van der Waals surface area contributed by atoms with Crippen molar-refractivity contribution >= 4 is 28.3 Å². The minimum Gasteiger partial charge on any atom is -0.329 e. The van der Waals surface area contributed by atoms with E-state index in [-0.39, 0.29) is 18.2 Å². The molecule has 0 atom stereocenters. The first-order chi connectivity index (χ1) is 10.2. The molecule has 0 amide bonds. The third-order valence-corrected chi connectivity index (χ3v) is 3.69. The number of aromatic nitrogens is 4. The molecule has 0 aliphatic heterocycles. The van der Waals surface area contributed by atoms with Crippen molar-refractivity contribution < 1.29 is 4.39 Å². The van der Waals surface area contributed by atoms with E-state index in [1.807, 2.05) is 23.0 Å². The summed E-state index contributed by atoms with van der Waals surface area (Å²) in [6.07, 6.45) is 8.21. The maximum Gasteiger partial charge on any atom is 0.126 e. The highest BCUT2D eigenvalue weighted by atomic mass is 79.9. The van der Waals surface area contributed by atoms with E-state index < -0.39 is 0 Å². The number of hydrogen-bond donors (Lipinski definition) is 0. The van der Waals surface area contributed by atoms with Crippen molar-refractivity contribution in [2.75, 3.05) is 0 Å². The third-order valence-electron chi connectivity index (χ3n) is 3.23. The van der Waals surface area contributed by atoms with E-state index in [1.54, 1.807) is 12.5 Å². The molecule has 0 spiro atoms. The van der Waals surface area contributed by atoms with Crippen molar-refractivity contribution in [2.45, 2.75) is 19.9 Å². The van der Waals surface area contributed by atoms with Crippen LogP contribution >= 0.6 is 28.3 Å². The molecule has 0 unspecified atom stereocenters. The van der Waals surface area contributed by atoms with E-state index in [0.29, 0.717) is 11.0 Å². The Morgan fingerprint density at radius 1 is 1.23 bits per heavy atom. The van der Waals surface area contributed by atoms with Gasteiger partial charge in [0, 0.05) is 29.5 Å². The Morgan fingerprint density at radius 3 is 2.77 bits per heavy atom. The van der Waals surface area contributed by atoms with Crippen LogP contribution in [0.1, 0.15) is 18.4 Å². The van der Waals surface area contributed by atoms with Crippen LogP contribution in [-0.4, -0.2) is 19.1 Å². The molecule has 2 heterocycles. The normalized spacial score (nSPS) is 10.5. The second-order valence-electron chi connectivity index (χ2n) is 4.72. The Morgan fingerprint density at radius 2 is 2.05 bits per heavy atom. The second-order valence-corrected chi connectivity index (χ2v) is 5.64. The molecule has 22 heavy (non-hydrogen) atoms. The summed E-state index contributed by atoms with van der Waals surface area (Å²) in [5, 5.41) is 0. The summed E-state index contributed by atoms with van der Waals surface area (Å²) in [7, 11) is 0. The lowest BCUT2D eigenvalue weighted by atomic mass is 10.3. The monoisotopic (exact) mass is 384 g/mol. The maximum absolute atomic E-state index is 13.4. The minimum atomic E-state index is -0.280. The van der Waals surface area contributed by atoms with Gasteiger partial charge in [0.15, 0.2) is 0 Å². The maximum atomic E-state index is 13.4. The summed E-state index contributed by atoms with van der Waals surface area (Å²) in [6, 6.07) is 4.76. The standard InChI is InChI=1S/C15H14BrFN4.ClH/c1-2-15-18-3-4-20(15)8-13-9-21(10-19-13)14-6-11(16)5-12(17)7-14;/h3-7,9-10H,2,8H2,1H3;1H. The zero-order chi connectivity index (χ0) is 14.8. The van der Waals surface area contributed by atoms with Crippen LogP contribution in [0.15, 0.2) is 47.6 Å². The summed E-state index contributed by atoms with van der Waals surface area (Å²) in [5.41, 5.74) is 1.64. The predicted molar refractivity (Wildman–Crippen MR) is 89.2 cm³/mol. The van der Waals surface area contributed by atoms with Crippen LogP contribution in [0.3, 0.4) is 0 Å². The molecular weight excluding hydrogens is 371 g/mol. The molecule has 0 fully saturated rings. The molecule has 0 saturated heterocycles. The van der Waals surface area contributed by atoms with Crippen molar-refractivity contribution in [3.05, 3.63) is 64.9 Å². The molecule has 4 nitrogen and oxygen atoms in total. The van der Waals surface area contributed by atoms with Crippen LogP contribution in [0.2, 0.25) is 0 Å². The fraction of sp³-hybridized carbons (Fsp3) is 0.200. The van der Waals surface area contributed by atoms with Gasteiger partial charge < -0.3 is 9.13 Å². The molecular formula is C15H15BrClFN4. The molecule has 0 N–H and O–H groups in total. The number of aryl methyl sites for hydroxylation is 1. The highest BCUT2D eigenvalue weighted by Gasteiger charge is 2.06. The summed E-state index contributed by atoms with van der Waals surface area (Å²) in [6.45, 7) is 2.73. The molecule has 0 bridgehead atoms. The summed E-state index contributed by atoms with van der Waals surface area (Å²) >= 11 is 3.30. The Labute approximate surface area is 142 Å². The smallest absolute Gasteiger partial charge is 0.126 e. The van der Waals surface area contributed by atoms with E-state index in [2.05, 4.69) is 37.4 Å². The van der Waals surface area contributed by atoms with Crippen LogP contribution in [0, 0.1) is 5.82 Å². The number of rotatable bonds is 4. The van der Waals surface area contributed by atoms with Gasteiger partial charge >= 0.3 is 0 Å². The molecule has 0 aliphatic rings. The number of imidazole rings is 2. The van der Waals surface area contributed by atoms with Gasteiger partial charge in [-0.3, -0.25) is 0 Å². The summed E-state index contributed by atoms with van der Waals surface area (Å²) in [4.78, 5) is 8.67. The number of halogens is 3. The highest BCUT2D eigenvalue weighted by Crippen LogP contribution is 2.18. The van der Waals surface area contributed by atoms with Crippen LogP contribution in [0.25, 0.3) is 5.69 Å². The van der Waals surface area contributed by atoms with Gasteiger partial charge in [0.05, 0.1) is 24.3 Å². The molecule has 7 heteroatoms. The van der Waals surface area contributed by atoms with E-state index >= 15 is 0 Å². The van der Waals surface area contributed by atoms with Gasteiger partial charge in [-0.05, 0) is 18.2 Å². The van der Waals surface area contributed by atoms with Gasteiger partial charge in [0.1, 0.15) is 11.6 Å². The minimum absolute atomic E-state index is 0. The van der Waals surface area contributed by atoms with Gasteiger partial charge in [-0.25, -0.2) is 14.4 Å². The van der Waals surface area contributed by atoms with Crippen LogP contribution < -0.4 is 0 Å². The Kier molecular flexibility index (Phi) is 5.37. The lowest BCUT2D eigenvalue weighted by Crippen LogP contribution is -2.03. The van der Waals surface area contributed by atoms with Gasteiger partial charge in [-0.2, -0.15) is 0 Å². The fourth-order valence-electron chi connectivity index (χ4n) is 2.25. The first-order valence-electron chi connectivity index (χ1n) is 6.65. The van der Waals surface area contributed by atoms with Crippen LogP contribution in [0.5, 0.6) is 0 Å². The number of benzene rings is 1. The lowest BCUT2D eigenvalue weighted by molar-refractivity contribution is 0.625. The SMILES string of the molecule is CCc1nccn1Cc1cn(-c2cc(F)cc(Br)c2)cn1.Cl. The zero-order valence-electron chi connectivity index (χ0n) is 11.9. The third kappa shape index (κ3) is 3.56. The Hall–Kier alpha value is -1.66. The van der Waals surface area contributed by atoms with E-state index in [4.69, 9.17) is 0 Å². The second kappa shape index (κ2) is 7.07. The summed E-state index contributed by atoms with van der Waals surface area (Å²) < 4.78 is 18.0. The Balaban J connectivity index is 0.00000176. The van der Waals surface area contributed by atoms with Crippen LogP contribution in [-0.2, 0) is 13.0 Å². The average molecular weight is 386 g/mol. The molecule has 2 aromatic heterocycles. The van der Waals surface area contributed by atoms with Gasteiger partial charge in [-0.1, -0.05) is 22.9 Å². The van der Waals surface area contributed by atoms with Crippen molar-refractivity contribution in [1.82, 2.24) is 19.1 Å². The quantitative estimate of drug-likeness (QED) is 0.680. The topological polar surface area (TPSA) is 35.6 Å². The first kappa shape index (κ1) is 16.7. The Bertz CT molecular complexity index is 748. The lowest BCUT2D eigenvalue weighted by Gasteiger charge is -2.04. The van der Waals surface area contributed by atoms with Crippen molar-refractivity contribution in [3.63, 3.8) is 0 Å². The molecule has 1 aromatic carbocycles. The van der Waals surface area contributed by atoms with Crippen molar-refractivity contribution in [2.24, 2.45) is 0 Å². The van der Waals surface area contributed by atoms with Gasteiger partial charge in [-0.15, -0.1) is 12.4 Å². The summed E-state index contributed by atoms with van der Waals surface area (Å²) in [5.74, 6) is 0.746. The molecule has 3 aromatic rings. The molecule has 116 valence electrons.